The van der Waals surface area contributed by atoms with E-state index < -0.39 is 20.5 Å². The van der Waals surface area contributed by atoms with Crippen LogP contribution in [0.5, 0.6) is 0 Å². The van der Waals surface area contributed by atoms with Gasteiger partial charge in [0.25, 0.3) is 0 Å². The second-order valence-electron chi connectivity index (χ2n) is 7.41. The van der Waals surface area contributed by atoms with Crippen LogP contribution in [0.3, 0.4) is 0 Å². The van der Waals surface area contributed by atoms with Gasteiger partial charge in [0.05, 0.1) is 21.0 Å². The van der Waals surface area contributed by atoms with E-state index in [9.17, 15) is 19.5 Å². The monoisotopic (exact) mass is 466 g/mol. The van der Waals surface area contributed by atoms with Crippen LogP contribution in [0.1, 0.15) is 96.8 Å². The molecule has 30 heavy (non-hydrogen) atoms. The largest absolute Gasteiger partial charge is 1.00 e. The number of hydrogen-bond donors (Lipinski definition) is 1. The van der Waals surface area contributed by atoms with Crippen LogP contribution in [-0.2, 0) is 13.8 Å². The average Bonchev–Trinajstić information content (AvgIpc) is 2.65. The molecule has 0 aromatic heterocycles. The summed E-state index contributed by atoms with van der Waals surface area (Å²) in [6.07, 6.45) is 21.0. The van der Waals surface area contributed by atoms with Gasteiger partial charge in [-0.3, -0.25) is 0 Å². The fraction of sp³-hybridized carbons (Fsp3) is 0.905. The molecule has 0 bridgehead atoms. The van der Waals surface area contributed by atoms with E-state index >= 15 is 0 Å². The summed E-state index contributed by atoms with van der Waals surface area (Å²) < 4.78 is 19.5. The third kappa shape index (κ3) is 32.0. The van der Waals surface area contributed by atoms with Crippen LogP contribution in [0.15, 0.2) is 12.2 Å². The van der Waals surface area contributed by atoms with Crippen molar-refractivity contribution in [3.8, 4) is 0 Å². The first kappa shape index (κ1) is 36.3. The molecular formula is C21H41Na2O6P. The average molecular weight is 467 g/mol. The quantitative estimate of drug-likeness (QED) is 0.0933. The van der Waals surface area contributed by atoms with Gasteiger partial charge in [-0.1, -0.05) is 76.9 Å². The van der Waals surface area contributed by atoms with Crippen molar-refractivity contribution in [2.24, 2.45) is 0 Å². The minimum atomic E-state index is -5.02. The Bertz CT molecular complexity index is 407. The number of unbranched alkanes of at least 4 members (excludes halogenated alkanes) is 12. The number of phosphoric acid groups is 1. The molecule has 0 aliphatic rings. The SMILES string of the molecule is CCCCCCCC/C=C\CCCCCCCCOCC(O)COP(=O)([O-])[O-].[Na+].[Na+]. The standard InChI is InChI=1S/C21H43O6P.2Na/c1-2-3-4-5-6-7-8-9-10-11-12-13-14-15-16-17-18-26-19-21(22)20-27-28(23,24)25;;/h9-10,21-22H,2-8,11-20H2,1H3,(H2,23,24,25);;/q;2*+1/p-2/b10-9-;;. The van der Waals surface area contributed by atoms with Gasteiger partial charge in [-0.2, -0.15) is 0 Å². The molecule has 0 rings (SSSR count). The first-order chi connectivity index (χ1) is 13.5. The van der Waals surface area contributed by atoms with Gasteiger partial charge < -0.3 is 28.7 Å². The summed E-state index contributed by atoms with van der Waals surface area (Å²) in [4.78, 5) is 20.5. The molecule has 0 radical (unpaired) electrons. The Labute approximate surface area is 228 Å². The maximum atomic E-state index is 10.3. The molecule has 0 spiro atoms. The number of hydrogen-bond acceptors (Lipinski definition) is 6. The summed E-state index contributed by atoms with van der Waals surface area (Å²) in [6.45, 7) is 2.20. The molecule has 0 aliphatic carbocycles. The second kappa shape index (κ2) is 27.0. The maximum absolute atomic E-state index is 10.3. The number of phosphoric ester groups is 1. The molecule has 6 nitrogen and oxygen atoms in total. The zero-order valence-electron chi connectivity index (χ0n) is 19.7. The number of allylic oxidation sites excluding steroid dienone is 2. The summed E-state index contributed by atoms with van der Waals surface area (Å²) in [5.41, 5.74) is 0. The molecule has 9 heteroatoms. The number of aliphatic hydroxyl groups is 1. The molecule has 0 aromatic rings. The van der Waals surface area contributed by atoms with Crippen LogP contribution in [0, 0.1) is 0 Å². The predicted octanol–water partition coefficient (Wildman–Crippen LogP) is -1.75. The zero-order chi connectivity index (χ0) is 20.9. The van der Waals surface area contributed by atoms with Crippen molar-refractivity contribution in [1.29, 1.82) is 0 Å². The first-order valence-corrected chi connectivity index (χ1v) is 12.5. The number of aliphatic hydroxyl groups excluding tert-OH is 1. The number of rotatable bonds is 21. The third-order valence-electron chi connectivity index (χ3n) is 4.54. The summed E-state index contributed by atoms with van der Waals surface area (Å²) in [7, 11) is -5.02. The molecule has 0 saturated carbocycles. The van der Waals surface area contributed by atoms with Crippen LogP contribution in [0.25, 0.3) is 0 Å². The Morgan fingerprint density at radius 1 is 0.800 bits per heavy atom. The molecule has 0 amide bonds. The van der Waals surface area contributed by atoms with Crippen molar-refractivity contribution >= 4 is 7.82 Å². The predicted molar refractivity (Wildman–Crippen MR) is 110 cm³/mol. The van der Waals surface area contributed by atoms with Crippen LogP contribution in [0.2, 0.25) is 0 Å². The van der Waals surface area contributed by atoms with E-state index in [-0.39, 0.29) is 65.7 Å². The minimum Gasteiger partial charge on any atom is -0.790 e. The van der Waals surface area contributed by atoms with Crippen molar-refractivity contribution in [2.75, 3.05) is 19.8 Å². The van der Waals surface area contributed by atoms with E-state index in [0.717, 1.165) is 12.8 Å². The summed E-state index contributed by atoms with van der Waals surface area (Å²) in [5, 5.41) is 9.39. The summed E-state index contributed by atoms with van der Waals surface area (Å²) in [6, 6.07) is 0. The molecule has 0 aliphatic heterocycles. The van der Waals surface area contributed by atoms with Gasteiger partial charge in [-0.05, 0) is 32.1 Å². The molecule has 0 aromatic carbocycles. The molecule has 1 atom stereocenters. The fourth-order valence-electron chi connectivity index (χ4n) is 2.90. The third-order valence-corrected chi connectivity index (χ3v) is 5.00. The summed E-state index contributed by atoms with van der Waals surface area (Å²) in [5.74, 6) is 0. The van der Waals surface area contributed by atoms with Crippen molar-refractivity contribution in [3.63, 3.8) is 0 Å². The minimum absolute atomic E-state index is 0. The van der Waals surface area contributed by atoms with Crippen LogP contribution < -0.4 is 68.9 Å². The molecule has 1 N–H and O–H groups in total. The Balaban J connectivity index is -0.00000364. The first-order valence-electron chi connectivity index (χ1n) is 11.0. The van der Waals surface area contributed by atoms with Crippen molar-refractivity contribution in [2.45, 2.75) is 103 Å². The van der Waals surface area contributed by atoms with Crippen LogP contribution in [0.4, 0.5) is 0 Å². The van der Waals surface area contributed by atoms with Crippen molar-refractivity contribution < 1.29 is 87.8 Å². The van der Waals surface area contributed by atoms with Gasteiger partial charge in [0, 0.05) is 6.61 Å². The summed E-state index contributed by atoms with van der Waals surface area (Å²) >= 11 is 0. The molecule has 168 valence electrons. The second-order valence-corrected chi connectivity index (χ2v) is 8.56. The fourth-order valence-corrected chi connectivity index (χ4v) is 3.25. The Hall–Kier alpha value is 1.77. The van der Waals surface area contributed by atoms with Crippen molar-refractivity contribution in [3.05, 3.63) is 12.2 Å². The molecule has 0 fully saturated rings. The van der Waals surface area contributed by atoms with E-state index in [1.807, 2.05) is 0 Å². The Morgan fingerprint density at radius 3 is 1.77 bits per heavy atom. The van der Waals surface area contributed by atoms with Gasteiger partial charge in [-0.15, -0.1) is 0 Å². The van der Waals surface area contributed by atoms with Gasteiger partial charge in [0.15, 0.2) is 0 Å². The van der Waals surface area contributed by atoms with E-state index in [4.69, 9.17) is 4.74 Å². The Morgan fingerprint density at radius 2 is 1.27 bits per heavy atom. The van der Waals surface area contributed by atoms with Crippen LogP contribution in [-0.4, -0.2) is 31.0 Å². The molecule has 0 heterocycles. The maximum Gasteiger partial charge on any atom is 1.00 e. The van der Waals surface area contributed by atoms with Gasteiger partial charge in [-0.25, -0.2) is 0 Å². The van der Waals surface area contributed by atoms with E-state index in [0.29, 0.717) is 6.61 Å². The normalized spacial score (nSPS) is 12.5. The van der Waals surface area contributed by atoms with Gasteiger partial charge in [0.2, 0.25) is 0 Å². The van der Waals surface area contributed by atoms with Gasteiger partial charge >= 0.3 is 59.1 Å². The zero-order valence-corrected chi connectivity index (χ0v) is 24.6. The topological polar surface area (TPSA) is 102 Å². The Kier molecular flexibility index (Phi) is 32.7. The van der Waals surface area contributed by atoms with E-state index in [2.05, 4.69) is 23.6 Å². The smallest absolute Gasteiger partial charge is 0.790 e. The number of ether oxygens (including phenoxy) is 1. The van der Waals surface area contributed by atoms with E-state index in [1.54, 1.807) is 0 Å². The van der Waals surface area contributed by atoms with Crippen LogP contribution >= 0.6 is 7.82 Å². The molecule has 0 saturated heterocycles. The molecular weight excluding hydrogens is 425 g/mol. The molecule has 1 unspecified atom stereocenters. The van der Waals surface area contributed by atoms with Crippen molar-refractivity contribution in [1.82, 2.24) is 0 Å². The van der Waals surface area contributed by atoms with E-state index in [1.165, 1.54) is 77.0 Å². The van der Waals surface area contributed by atoms with Gasteiger partial charge in [0.1, 0.15) is 6.10 Å².